The Kier molecular flexibility index (Phi) is 5.49. The van der Waals surface area contributed by atoms with E-state index in [1.54, 1.807) is 42.5 Å². The van der Waals surface area contributed by atoms with Gasteiger partial charge in [0.05, 0.1) is 22.4 Å². The van der Waals surface area contributed by atoms with Gasteiger partial charge in [0.2, 0.25) is 0 Å². The van der Waals surface area contributed by atoms with Crippen molar-refractivity contribution >= 4 is 39.0 Å². The van der Waals surface area contributed by atoms with Crippen LogP contribution >= 0.6 is 11.3 Å². The van der Waals surface area contributed by atoms with Crippen LogP contribution in [0.25, 0.3) is 21.9 Å². The summed E-state index contributed by atoms with van der Waals surface area (Å²) in [6, 6.07) is 20.9. The minimum Gasteiger partial charge on any atom is -0.494 e. The van der Waals surface area contributed by atoms with Crippen LogP contribution in [0.1, 0.15) is 27.9 Å². The minimum absolute atomic E-state index is 0.142. The number of aromatic nitrogens is 1. The van der Waals surface area contributed by atoms with Crippen LogP contribution in [0.5, 0.6) is 5.75 Å². The maximum Gasteiger partial charge on any atom is 0.196 e. The summed E-state index contributed by atoms with van der Waals surface area (Å²) in [6.07, 6.45) is 1.76. The summed E-state index contributed by atoms with van der Waals surface area (Å²) in [4.78, 5) is 18.0. The van der Waals surface area contributed by atoms with Gasteiger partial charge in [-0.15, -0.1) is 11.3 Å². The highest BCUT2D eigenvalue weighted by molar-refractivity contribution is 7.20. The molecule has 0 N–H and O–H groups in total. The van der Waals surface area contributed by atoms with E-state index in [-0.39, 0.29) is 11.6 Å². The number of para-hydroxylation sites is 1. The molecule has 4 rings (SSSR count). The lowest BCUT2D eigenvalue weighted by Crippen LogP contribution is -2.03. The number of halogens is 1. The van der Waals surface area contributed by atoms with Gasteiger partial charge in [0.1, 0.15) is 16.6 Å². The molecule has 4 aromatic rings. The molecule has 0 saturated carbocycles. The van der Waals surface area contributed by atoms with Crippen molar-refractivity contribution in [1.82, 2.24) is 4.98 Å². The summed E-state index contributed by atoms with van der Waals surface area (Å²) in [5, 5.41) is 0.634. The predicted octanol–water partition coefficient (Wildman–Crippen LogP) is 6.26. The number of carbonyl (C=O) groups is 1. The van der Waals surface area contributed by atoms with E-state index in [1.165, 1.54) is 23.5 Å². The first-order valence-corrected chi connectivity index (χ1v) is 10.1. The van der Waals surface area contributed by atoms with Gasteiger partial charge in [0, 0.05) is 5.56 Å². The van der Waals surface area contributed by atoms with Crippen molar-refractivity contribution in [3.63, 3.8) is 0 Å². The summed E-state index contributed by atoms with van der Waals surface area (Å²) < 4.78 is 19.8. The van der Waals surface area contributed by atoms with E-state index in [0.717, 1.165) is 15.8 Å². The molecule has 1 heterocycles. The molecule has 3 nitrogen and oxygen atoms in total. The van der Waals surface area contributed by atoms with Crippen LogP contribution in [0.2, 0.25) is 0 Å². The topological polar surface area (TPSA) is 39.2 Å². The summed E-state index contributed by atoms with van der Waals surface area (Å²) in [7, 11) is 0. The zero-order chi connectivity index (χ0) is 20.2. The smallest absolute Gasteiger partial charge is 0.196 e. The molecule has 0 aliphatic rings. The highest BCUT2D eigenvalue weighted by Gasteiger charge is 2.19. The molecule has 0 bridgehead atoms. The number of nitrogens with zero attached hydrogens (tertiary/aromatic N) is 1. The molecule has 0 atom stereocenters. The number of Topliss-reactive ketones (excluding diaryl/α,β-unsaturated/α-hetero) is 1. The van der Waals surface area contributed by atoms with Gasteiger partial charge >= 0.3 is 0 Å². The number of ketones is 1. The van der Waals surface area contributed by atoms with E-state index in [9.17, 15) is 9.18 Å². The zero-order valence-electron chi connectivity index (χ0n) is 15.8. The van der Waals surface area contributed by atoms with Crippen molar-refractivity contribution < 1.29 is 13.9 Å². The first-order valence-electron chi connectivity index (χ1n) is 9.25. The molecule has 0 aliphatic carbocycles. The lowest BCUT2D eigenvalue weighted by Gasteiger charge is -2.07. The van der Waals surface area contributed by atoms with Crippen LogP contribution in [-0.4, -0.2) is 17.4 Å². The second-order valence-corrected chi connectivity index (χ2v) is 7.41. The van der Waals surface area contributed by atoms with Crippen LogP contribution in [0.3, 0.4) is 0 Å². The first kappa shape index (κ1) is 19.0. The fraction of sp³-hybridized carbons (Fsp3) is 0.0833. The first-order chi connectivity index (χ1) is 14.1. The third kappa shape index (κ3) is 4.25. The molecule has 0 amide bonds. The van der Waals surface area contributed by atoms with Crippen LogP contribution in [-0.2, 0) is 0 Å². The molecule has 0 aliphatic heterocycles. The van der Waals surface area contributed by atoms with E-state index in [4.69, 9.17) is 4.74 Å². The molecular weight excluding hydrogens is 385 g/mol. The summed E-state index contributed by atoms with van der Waals surface area (Å²) in [6.45, 7) is 2.48. The van der Waals surface area contributed by atoms with Gasteiger partial charge < -0.3 is 4.74 Å². The predicted molar refractivity (Wildman–Crippen MR) is 116 cm³/mol. The molecule has 144 valence electrons. The van der Waals surface area contributed by atoms with E-state index in [2.05, 4.69) is 4.98 Å². The Morgan fingerprint density at radius 2 is 1.76 bits per heavy atom. The van der Waals surface area contributed by atoms with Gasteiger partial charge in [-0.1, -0.05) is 24.3 Å². The third-order valence-electron chi connectivity index (χ3n) is 4.38. The zero-order valence-corrected chi connectivity index (χ0v) is 16.6. The number of benzene rings is 3. The quantitative estimate of drug-likeness (QED) is 0.282. The molecule has 1 aromatic heterocycles. The van der Waals surface area contributed by atoms with Crippen LogP contribution in [0, 0.1) is 5.82 Å². The van der Waals surface area contributed by atoms with Crippen LogP contribution in [0.15, 0.2) is 72.8 Å². The van der Waals surface area contributed by atoms with Crippen molar-refractivity contribution in [2.24, 2.45) is 0 Å². The Morgan fingerprint density at radius 3 is 2.45 bits per heavy atom. The molecular formula is C24H18FNO2S. The summed E-state index contributed by atoms with van der Waals surface area (Å²) >= 11 is 1.46. The lowest BCUT2D eigenvalue weighted by molar-refractivity contribution is 0.105. The number of hydrogen-bond donors (Lipinski definition) is 0. The molecule has 0 saturated heterocycles. The molecule has 5 heteroatoms. The van der Waals surface area contributed by atoms with Crippen molar-refractivity contribution in [3.05, 3.63) is 94.7 Å². The van der Waals surface area contributed by atoms with E-state index in [1.807, 2.05) is 31.2 Å². The van der Waals surface area contributed by atoms with Gasteiger partial charge in [0.25, 0.3) is 0 Å². The molecule has 3 aromatic carbocycles. The maximum atomic E-state index is 13.3. The van der Waals surface area contributed by atoms with E-state index in [0.29, 0.717) is 28.5 Å². The van der Waals surface area contributed by atoms with Crippen LogP contribution in [0.4, 0.5) is 4.39 Å². The number of ether oxygens (including phenoxy) is 1. The maximum absolute atomic E-state index is 13.3. The van der Waals surface area contributed by atoms with Crippen molar-refractivity contribution in [2.45, 2.75) is 6.92 Å². The number of rotatable bonds is 6. The number of fused-ring (bicyclic) bond motifs is 1. The highest BCUT2D eigenvalue weighted by Crippen LogP contribution is 2.31. The van der Waals surface area contributed by atoms with Crippen LogP contribution < -0.4 is 4.74 Å². The second kappa shape index (κ2) is 8.37. The Labute approximate surface area is 172 Å². The minimum atomic E-state index is -0.318. The fourth-order valence-corrected chi connectivity index (χ4v) is 3.94. The molecule has 0 spiro atoms. The van der Waals surface area contributed by atoms with Gasteiger partial charge in [0.15, 0.2) is 5.78 Å². The standard InChI is InChI=1S/C24H18FNO2S/c1-2-28-19-13-9-17(10-14-19)23(27)20(15-16-7-11-18(25)12-8-16)24-26-21-5-3-4-6-22(21)29-24/h3-15H,2H2,1H3/b20-15-. The molecule has 0 fully saturated rings. The fourth-order valence-electron chi connectivity index (χ4n) is 2.96. The third-order valence-corrected chi connectivity index (χ3v) is 5.45. The normalized spacial score (nSPS) is 11.6. The Morgan fingerprint density at radius 1 is 1.03 bits per heavy atom. The largest absolute Gasteiger partial charge is 0.494 e. The highest BCUT2D eigenvalue weighted by atomic mass is 32.1. The average molecular weight is 403 g/mol. The monoisotopic (exact) mass is 403 g/mol. The summed E-state index contributed by atoms with van der Waals surface area (Å²) in [5.74, 6) is 0.256. The van der Waals surface area contributed by atoms with Gasteiger partial charge in [-0.25, -0.2) is 9.37 Å². The number of thiazole rings is 1. The van der Waals surface area contributed by atoms with Crippen molar-refractivity contribution in [2.75, 3.05) is 6.61 Å². The van der Waals surface area contributed by atoms with E-state index >= 15 is 0 Å². The molecule has 0 unspecified atom stereocenters. The van der Waals surface area contributed by atoms with Crippen molar-refractivity contribution in [1.29, 1.82) is 0 Å². The molecule has 0 radical (unpaired) electrons. The second-order valence-electron chi connectivity index (χ2n) is 6.38. The number of allylic oxidation sites excluding steroid dienone is 1. The summed E-state index contributed by atoms with van der Waals surface area (Å²) in [5.41, 5.74) is 2.60. The Hall–Kier alpha value is -3.31. The number of carbonyl (C=O) groups excluding carboxylic acids is 1. The SMILES string of the molecule is CCOc1ccc(C(=O)/C(=C/c2ccc(F)cc2)c2nc3ccccc3s2)cc1. The van der Waals surface area contributed by atoms with E-state index < -0.39 is 0 Å². The van der Waals surface area contributed by atoms with Gasteiger partial charge in [-0.05, 0) is 67.1 Å². The molecule has 29 heavy (non-hydrogen) atoms. The average Bonchev–Trinajstić information content (AvgIpc) is 3.17. The van der Waals surface area contributed by atoms with Crippen molar-refractivity contribution in [3.8, 4) is 5.75 Å². The van der Waals surface area contributed by atoms with Gasteiger partial charge in [-0.2, -0.15) is 0 Å². The Bertz CT molecular complexity index is 1140. The Balaban J connectivity index is 1.78. The lowest BCUT2D eigenvalue weighted by atomic mass is 10.0. The van der Waals surface area contributed by atoms with Gasteiger partial charge in [-0.3, -0.25) is 4.79 Å². The number of hydrogen-bond acceptors (Lipinski definition) is 4.